The summed E-state index contributed by atoms with van der Waals surface area (Å²) in [4.78, 5) is 12.0. The smallest absolute Gasteiger partial charge is 0.228 e. The molecule has 0 aliphatic rings. The van der Waals surface area contributed by atoms with Gasteiger partial charge in [-0.25, -0.2) is 0 Å². The lowest BCUT2D eigenvalue weighted by Gasteiger charge is -2.09. The first-order chi connectivity index (χ1) is 9.04. The summed E-state index contributed by atoms with van der Waals surface area (Å²) in [7, 11) is 0. The molecule has 2 aromatic rings. The van der Waals surface area contributed by atoms with E-state index in [1.165, 1.54) is 0 Å². The second kappa shape index (κ2) is 5.57. The highest BCUT2D eigenvalue weighted by Crippen LogP contribution is 2.18. The van der Waals surface area contributed by atoms with Crippen molar-refractivity contribution in [2.45, 2.75) is 20.3 Å². The molecule has 0 fully saturated rings. The highest BCUT2D eigenvalue weighted by molar-refractivity contribution is 5.93. The number of carbonyl (C=O) groups is 1. The fraction of sp³-hybridized carbons (Fsp3) is 0.188. The topological polar surface area (TPSA) is 55.1 Å². The number of rotatable bonds is 3. The van der Waals surface area contributed by atoms with Gasteiger partial charge in [-0.05, 0) is 43.2 Å². The van der Waals surface area contributed by atoms with Crippen LogP contribution in [-0.4, -0.2) is 5.91 Å². The first-order valence-corrected chi connectivity index (χ1v) is 6.26. The van der Waals surface area contributed by atoms with Gasteiger partial charge in [-0.15, -0.1) is 0 Å². The van der Waals surface area contributed by atoms with E-state index in [1.54, 1.807) is 6.07 Å². The van der Waals surface area contributed by atoms with Crippen LogP contribution in [0.4, 0.5) is 11.4 Å². The van der Waals surface area contributed by atoms with E-state index >= 15 is 0 Å². The predicted molar refractivity (Wildman–Crippen MR) is 79.1 cm³/mol. The van der Waals surface area contributed by atoms with Crippen LogP contribution in [0.1, 0.15) is 16.7 Å². The van der Waals surface area contributed by atoms with Crippen molar-refractivity contribution in [2.75, 3.05) is 11.1 Å². The number of nitrogens with two attached hydrogens (primary N) is 1. The lowest BCUT2D eigenvalue weighted by Crippen LogP contribution is -2.15. The Hall–Kier alpha value is -2.29. The summed E-state index contributed by atoms with van der Waals surface area (Å²) < 4.78 is 0. The Morgan fingerprint density at radius 2 is 1.95 bits per heavy atom. The summed E-state index contributed by atoms with van der Waals surface area (Å²) in [5.74, 6) is -0.0153. The molecule has 3 N–H and O–H groups in total. The van der Waals surface area contributed by atoms with Gasteiger partial charge in [-0.3, -0.25) is 4.79 Å². The Balaban J connectivity index is 2.05. The van der Waals surface area contributed by atoms with Crippen LogP contribution in [0.5, 0.6) is 0 Å². The molecule has 0 saturated heterocycles. The van der Waals surface area contributed by atoms with Crippen LogP contribution < -0.4 is 11.1 Å². The van der Waals surface area contributed by atoms with Crippen molar-refractivity contribution in [2.24, 2.45) is 0 Å². The van der Waals surface area contributed by atoms with Gasteiger partial charge in [0.05, 0.1) is 6.42 Å². The predicted octanol–water partition coefficient (Wildman–Crippen LogP) is 3.07. The Bertz CT molecular complexity index is 605. The van der Waals surface area contributed by atoms with E-state index in [9.17, 15) is 4.79 Å². The van der Waals surface area contributed by atoms with Crippen molar-refractivity contribution in [3.05, 3.63) is 59.2 Å². The second-order valence-corrected chi connectivity index (χ2v) is 4.79. The summed E-state index contributed by atoms with van der Waals surface area (Å²) >= 11 is 0. The third-order valence-electron chi connectivity index (χ3n) is 2.97. The molecule has 0 bridgehead atoms. The SMILES string of the molecule is Cc1cccc(CC(=O)Nc2ccc(N)cc2C)c1. The number of nitrogens with one attached hydrogen (secondary N) is 1. The number of hydrogen-bond acceptors (Lipinski definition) is 2. The Morgan fingerprint density at radius 3 is 2.63 bits per heavy atom. The number of benzene rings is 2. The van der Waals surface area contributed by atoms with E-state index in [4.69, 9.17) is 5.73 Å². The molecule has 2 aromatic carbocycles. The van der Waals surface area contributed by atoms with Crippen LogP contribution in [0, 0.1) is 13.8 Å². The summed E-state index contributed by atoms with van der Waals surface area (Å²) in [5, 5.41) is 2.91. The largest absolute Gasteiger partial charge is 0.399 e. The molecule has 0 aliphatic heterocycles. The molecule has 0 saturated carbocycles. The summed E-state index contributed by atoms with van der Waals surface area (Å²) in [6.07, 6.45) is 0.380. The summed E-state index contributed by atoms with van der Waals surface area (Å²) in [6.45, 7) is 3.95. The van der Waals surface area contributed by atoms with Crippen LogP contribution in [0.15, 0.2) is 42.5 Å². The summed E-state index contributed by atoms with van der Waals surface area (Å²) in [5.41, 5.74) is 10.4. The molecule has 0 atom stereocenters. The normalized spacial score (nSPS) is 10.2. The minimum absolute atomic E-state index is 0.0153. The average Bonchev–Trinajstić information content (AvgIpc) is 2.33. The number of aryl methyl sites for hydroxylation is 2. The van der Waals surface area contributed by atoms with Gasteiger partial charge in [-0.1, -0.05) is 29.8 Å². The third-order valence-corrected chi connectivity index (χ3v) is 2.97. The summed E-state index contributed by atoms with van der Waals surface area (Å²) in [6, 6.07) is 13.4. The molecular formula is C16H18N2O. The van der Waals surface area contributed by atoms with Crippen molar-refractivity contribution in [3.8, 4) is 0 Å². The van der Waals surface area contributed by atoms with Gasteiger partial charge in [0.15, 0.2) is 0 Å². The maximum absolute atomic E-state index is 12.0. The first-order valence-electron chi connectivity index (χ1n) is 6.26. The number of carbonyl (C=O) groups excluding carboxylic acids is 1. The fourth-order valence-electron chi connectivity index (χ4n) is 2.03. The quantitative estimate of drug-likeness (QED) is 0.827. The Morgan fingerprint density at radius 1 is 1.16 bits per heavy atom. The maximum atomic E-state index is 12.0. The third kappa shape index (κ3) is 3.58. The highest BCUT2D eigenvalue weighted by Gasteiger charge is 2.06. The first kappa shape index (κ1) is 13.1. The molecule has 0 unspecified atom stereocenters. The molecule has 0 radical (unpaired) electrons. The standard InChI is InChI=1S/C16H18N2O/c1-11-4-3-5-13(8-11)10-16(19)18-15-7-6-14(17)9-12(15)2/h3-9H,10,17H2,1-2H3,(H,18,19). The number of amides is 1. The van der Waals surface area contributed by atoms with E-state index in [0.717, 1.165) is 22.4 Å². The molecule has 0 heterocycles. The lowest BCUT2D eigenvalue weighted by molar-refractivity contribution is -0.115. The van der Waals surface area contributed by atoms with Gasteiger partial charge in [0, 0.05) is 11.4 Å². The molecule has 0 spiro atoms. The fourth-order valence-corrected chi connectivity index (χ4v) is 2.03. The van der Waals surface area contributed by atoms with E-state index in [2.05, 4.69) is 5.32 Å². The molecule has 0 aliphatic carbocycles. The monoisotopic (exact) mass is 254 g/mol. The van der Waals surface area contributed by atoms with Crippen molar-refractivity contribution < 1.29 is 4.79 Å². The average molecular weight is 254 g/mol. The second-order valence-electron chi connectivity index (χ2n) is 4.79. The van der Waals surface area contributed by atoms with Crippen LogP contribution in [0.3, 0.4) is 0 Å². The van der Waals surface area contributed by atoms with E-state index < -0.39 is 0 Å². The number of nitrogen functional groups attached to an aromatic ring is 1. The minimum atomic E-state index is -0.0153. The minimum Gasteiger partial charge on any atom is -0.399 e. The molecule has 2 rings (SSSR count). The number of hydrogen-bond donors (Lipinski definition) is 2. The Labute approximate surface area is 113 Å². The molecule has 1 amide bonds. The van der Waals surface area contributed by atoms with Crippen molar-refractivity contribution in [1.29, 1.82) is 0 Å². The van der Waals surface area contributed by atoms with E-state index in [0.29, 0.717) is 12.1 Å². The molecule has 98 valence electrons. The number of anilines is 2. The molecule has 0 aromatic heterocycles. The maximum Gasteiger partial charge on any atom is 0.228 e. The van der Waals surface area contributed by atoms with E-state index in [1.807, 2.05) is 50.2 Å². The van der Waals surface area contributed by atoms with Crippen molar-refractivity contribution in [3.63, 3.8) is 0 Å². The molecule has 19 heavy (non-hydrogen) atoms. The van der Waals surface area contributed by atoms with Crippen molar-refractivity contribution in [1.82, 2.24) is 0 Å². The Kier molecular flexibility index (Phi) is 3.85. The van der Waals surface area contributed by atoms with Gasteiger partial charge in [0.2, 0.25) is 5.91 Å². The van der Waals surface area contributed by atoms with Crippen LogP contribution in [-0.2, 0) is 11.2 Å². The highest BCUT2D eigenvalue weighted by atomic mass is 16.1. The zero-order chi connectivity index (χ0) is 13.8. The van der Waals surface area contributed by atoms with Gasteiger partial charge < -0.3 is 11.1 Å². The zero-order valence-corrected chi connectivity index (χ0v) is 11.2. The zero-order valence-electron chi connectivity index (χ0n) is 11.2. The van der Waals surface area contributed by atoms with Gasteiger partial charge in [-0.2, -0.15) is 0 Å². The van der Waals surface area contributed by atoms with Crippen molar-refractivity contribution >= 4 is 17.3 Å². The van der Waals surface area contributed by atoms with Crippen LogP contribution >= 0.6 is 0 Å². The van der Waals surface area contributed by atoms with Crippen LogP contribution in [0.25, 0.3) is 0 Å². The van der Waals surface area contributed by atoms with Gasteiger partial charge >= 0.3 is 0 Å². The van der Waals surface area contributed by atoms with Gasteiger partial charge in [0.1, 0.15) is 0 Å². The molecule has 3 nitrogen and oxygen atoms in total. The van der Waals surface area contributed by atoms with Gasteiger partial charge in [0.25, 0.3) is 0 Å². The molecular weight excluding hydrogens is 236 g/mol. The van der Waals surface area contributed by atoms with E-state index in [-0.39, 0.29) is 5.91 Å². The molecule has 3 heteroatoms. The lowest BCUT2D eigenvalue weighted by atomic mass is 10.1. The van der Waals surface area contributed by atoms with Crippen LogP contribution in [0.2, 0.25) is 0 Å².